The summed E-state index contributed by atoms with van der Waals surface area (Å²) in [6.45, 7) is 0. The number of hydrogen-bond donors (Lipinski definition) is 1. The second kappa shape index (κ2) is 22.4. The van der Waals surface area contributed by atoms with Gasteiger partial charge in [0.1, 0.15) is 0 Å². The topological polar surface area (TPSA) is 106 Å². The Kier molecular flexibility index (Phi) is 54.0. The van der Waals surface area contributed by atoms with Crippen molar-refractivity contribution < 1.29 is 150 Å². The van der Waals surface area contributed by atoms with Crippen molar-refractivity contribution in [2.45, 2.75) is 18.9 Å². The number of rotatable bonds is 4. The van der Waals surface area contributed by atoms with Crippen LogP contribution in [0.2, 0.25) is 0 Å². The molecule has 0 rings (SSSR count). The Labute approximate surface area is 183 Å². The van der Waals surface area contributed by atoms with Crippen LogP contribution in [-0.2, 0) is 9.59 Å². The Morgan fingerprint density at radius 2 is 1.40 bits per heavy atom. The molecule has 10 heteroatoms. The van der Waals surface area contributed by atoms with Crippen LogP contribution in [-0.4, -0.2) is 18.0 Å². The molecule has 0 saturated carbocycles. The summed E-state index contributed by atoms with van der Waals surface area (Å²) in [7, 11) is 0. The molecule has 2 N–H and O–H groups in total. The normalized spacial score (nSPS) is 8.33. The number of carbonyl (C=O) groups excluding carboxylic acids is 2. The number of carboxylic acid groups (broad SMARTS) is 2. The van der Waals surface area contributed by atoms with Gasteiger partial charge in [0.25, 0.3) is 0 Å². The molecule has 0 unspecified atom stereocenters. The minimum Gasteiger partial charge on any atom is -1.00 e. The second-order valence-electron chi connectivity index (χ2n) is 1.84. The monoisotopic (exact) mass is 272 g/mol. The first-order chi connectivity index (χ1) is 4.54. The summed E-state index contributed by atoms with van der Waals surface area (Å²) in [6.07, 6.45) is -0.500. The smallest absolute Gasteiger partial charge is 1.00 e. The molecule has 15 heavy (non-hydrogen) atoms. The van der Waals surface area contributed by atoms with Gasteiger partial charge in [0.15, 0.2) is 0 Å². The number of carbonyl (C=O) groups is 2. The quantitative estimate of drug-likeness (QED) is 0.512. The Morgan fingerprint density at radius 3 is 1.60 bits per heavy atom. The summed E-state index contributed by atoms with van der Waals surface area (Å²) in [5.41, 5.74) is 4.91. The predicted molar refractivity (Wildman–Crippen MR) is 27.2 cm³/mol. The molecular weight excluding hydrogens is 265 g/mol. The summed E-state index contributed by atoms with van der Waals surface area (Å²) >= 11 is 0. The van der Waals surface area contributed by atoms with E-state index in [1.165, 1.54) is 0 Å². The van der Waals surface area contributed by atoms with Crippen molar-refractivity contribution in [3.63, 3.8) is 0 Å². The van der Waals surface area contributed by atoms with Crippen LogP contribution in [0.5, 0.6) is 0 Å². The second-order valence-corrected chi connectivity index (χ2v) is 1.84. The fourth-order valence-corrected chi connectivity index (χ4v) is 0.391. The summed E-state index contributed by atoms with van der Waals surface area (Å²) in [4.78, 5) is 19.6. The molecule has 0 aromatic heterocycles. The molecule has 0 aliphatic rings. The molecule has 1 atom stereocenters. The van der Waals surface area contributed by atoms with Crippen molar-refractivity contribution in [3.8, 4) is 0 Å². The van der Waals surface area contributed by atoms with Crippen LogP contribution in [0.15, 0.2) is 0 Å². The van der Waals surface area contributed by atoms with Gasteiger partial charge in [-0.3, -0.25) is 0 Å². The van der Waals surface area contributed by atoms with Crippen molar-refractivity contribution in [3.05, 3.63) is 0 Å². The fourth-order valence-electron chi connectivity index (χ4n) is 0.391. The van der Waals surface area contributed by atoms with Gasteiger partial charge in [-0.05, 0) is 12.8 Å². The van der Waals surface area contributed by atoms with Crippen molar-refractivity contribution >= 4 is 11.9 Å². The average molecular weight is 273 g/mol. The Hall–Kier alpha value is 3.19. The third kappa shape index (κ3) is 26.7. The van der Waals surface area contributed by atoms with E-state index in [1.54, 1.807) is 0 Å². The molecule has 0 aliphatic heterocycles. The summed E-state index contributed by atoms with van der Waals surface area (Å²) in [5.74, 6) is -2.75. The molecule has 0 aromatic carbocycles. The molecule has 0 amide bonds. The Bertz CT molecular complexity index is 162. The summed E-state index contributed by atoms with van der Waals surface area (Å²) in [6, 6.07) is -1.21. The number of nitrogens with two attached hydrogens (primary N) is 1. The number of hydrogen-bond acceptors (Lipinski definition) is 5. The third-order valence-electron chi connectivity index (χ3n) is 0.962. The van der Waals surface area contributed by atoms with Gasteiger partial charge in [0.05, 0.1) is 5.97 Å². The van der Waals surface area contributed by atoms with Crippen LogP contribution in [0.4, 0.5) is 0 Å². The minimum atomic E-state index is -1.44. The molecule has 0 saturated heterocycles. The van der Waals surface area contributed by atoms with Crippen molar-refractivity contribution in [2.75, 3.05) is 0 Å². The molecule has 66 valence electrons. The predicted octanol–water partition coefficient (Wildman–Crippen LogP) is -18.4. The van der Waals surface area contributed by atoms with E-state index in [4.69, 9.17) is 5.73 Å². The Morgan fingerprint density at radius 1 is 1.07 bits per heavy atom. The maximum absolute atomic E-state index is 9.86. The van der Waals surface area contributed by atoms with Crippen LogP contribution < -0.4 is 147 Å². The van der Waals surface area contributed by atoms with Gasteiger partial charge in [0.2, 0.25) is 0 Å². The Balaban J connectivity index is -0.0000000405. The van der Waals surface area contributed by atoms with Gasteiger partial charge < -0.3 is 37.9 Å². The van der Waals surface area contributed by atoms with E-state index in [1.807, 2.05) is 0 Å². The van der Waals surface area contributed by atoms with Crippen LogP contribution in [0.3, 0.4) is 0 Å². The zero-order chi connectivity index (χ0) is 8.15. The van der Waals surface area contributed by atoms with E-state index < -0.39 is 18.0 Å². The number of carboxylic acids is 2. The third-order valence-corrected chi connectivity index (χ3v) is 0.962. The van der Waals surface area contributed by atoms with E-state index in [2.05, 4.69) is 0 Å². The SMILES string of the molecule is N[C@@H](CCC(=O)[O-])C(=O)[O-].[Cl-].[Na+].[Na+].[Na+].[Na+]. The summed E-state index contributed by atoms with van der Waals surface area (Å²) in [5, 5.41) is 19.6. The van der Waals surface area contributed by atoms with Gasteiger partial charge in [-0.25, -0.2) is 0 Å². The van der Waals surface area contributed by atoms with Crippen LogP contribution in [0.1, 0.15) is 12.8 Å². The maximum atomic E-state index is 9.86. The zero-order valence-electron chi connectivity index (χ0n) is 9.58. The maximum Gasteiger partial charge on any atom is 1.00 e. The molecule has 0 spiro atoms. The average Bonchev–Trinajstić information content (AvgIpc) is 1.82. The first kappa shape index (κ1) is 36.2. The largest absolute Gasteiger partial charge is 1.00 e. The van der Waals surface area contributed by atoms with Crippen LogP contribution in [0.25, 0.3) is 0 Å². The van der Waals surface area contributed by atoms with Crippen molar-refractivity contribution in [1.29, 1.82) is 0 Å². The molecular formula is C5H7ClNNa4O4+. The van der Waals surface area contributed by atoms with Crippen molar-refractivity contribution in [1.82, 2.24) is 0 Å². The van der Waals surface area contributed by atoms with Crippen LogP contribution in [0, 0.1) is 0 Å². The van der Waals surface area contributed by atoms with Gasteiger partial charge >= 0.3 is 118 Å². The molecule has 0 aliphatic carbocycles. The first-order valence-electron chi connectivity index (χ1n) is 2.70. The first-order valence-corrected chi connectivity index (χ1v) is 2.70. The van der Waals surface area contributed by atoms with Gasteiger partial charge in [0, 0.05) is 12.0 Å². The number of aliphatic carboxylic acids is 2. The van der Waals surface area contributed by atoms with Gasteiger partial charge in [-0.1, -0.05) is 0 Å². The van der Waals surface area contributed by atoms with E-state index in [0.29, 0.717) is 0 Å². The van der Waals surface area contributed by atoms with E-state index in [9.17, 15) is 19.8 Å². The molecule has 0 heterocycles. The van der Waals surface area contributed by atoms with E-state index in [0.717, 1.165) is 0 Å². The number of halogens is 1. The van der Waals surface area contributed by atoms with E-state index in [-0.39, 0.29) is 143 Å². The fraction of sp³-hybridized carbons (Fsp3) is 0.600. The molecule has 0 radical (unpaired) electrons. The van der Waals surface area contributed by atoms with Crippen molar-refractivity contribution in [2.24, 2.45) is 5.73 Å². The minimum absolute atomic E-state index is 0. The molecule has 5 nitrogen and oxygen atoms in total. The molecule has 0 fully saturated rings. The standard InChI is InChI=1S/C5H9NO4.ClH.4Na/c6-3(5(9)10)1-2-4(7)8;;;;;/h3H,1-2,6H2,(H,7,8)(H,9,10);1H;;;;/q;;4*+1/p-3/t3-;;;;;/m0...../s1. The molecule has 0 bridgehead atoms. The van der Waals surface area contributed by atoms with Gasteiger partial charge in [-0.15, -0.1) is 0 Å². The van der Waals surface area contributed by atoms with Gasteiger partial charge in [-0.2, -0.15) is 0 Å². The zero-order valence-corrected chi connectivity index (χ0v) is 18.3. The molecule has 0 aromatic rings. The summed E-state index contributed by atoms with van der Waals surface area (Å²) < 4.78 is 0. The van der Waals surface area contributed by atoms with Crippen LogP contribution >= 0.6 is 0 Å². The van der Waals surface area contributed by atoms with E-state index >= 15 is 0 Å².